The first-order valence-corrected chi connectivity index (χ1v) is 7.79. The smallest absolute Gasteiger partial charge is 0.144 e. The van der Waals surface area contributed by atoms with Gasteiger partial charge in [0.15, 0.2) is 0 Å². The van der Waals surface area contributed by atoms with Gasteiger partial charge in [0, 0.05) is 11.7 Å². The molecule has 0 atom stereocenters. The summed E-state index contributed by atoms with van der Waals surface area (Å²) in [4.78, 5) is 4.52. The van der Waals surface area contributed by atoms with Crippen LogP contribution in [-0.4, -0.2) is 11.0 Å². The summed E-state index contributed by atoms with van der Waals surface area (Å²) in [5.41, 5.74) is 2.69. The molecule has 1 aliphatic rings. The minimum atomic E-state index is 0.476. The third kappa shape index (κ3) is 3.50. The largest absolute Gasteiger partial charge is 0.366 e. The van der Waals surface area contributed by atoms with E-state index in [1.807, 2.05) is 19.9 Å². The summed E-state index contributed by atoms with van der Waals surface area (Å²) in [6.07, 6.45) is 7.66. The molecule has 0 amide bonds. The van der Waals surface area contributed by atoms with E-state index in [0.717, 1.165) is 23.0 Å². The molecule has 108 valence electrons. The van der Waals surface area contributed by atoms with Gasteiger partial charge >= 0.3 is 0 Å². The van der Waals surface area contributed by atoms with Gasteiger partial charge in [-0.3, -0.25) is 0 Å². The molecule has 0 saturated heterocycles. The fourth-order valence-electron chi connectivity index (χ4n) is 3.28. The number of hydrogen-bond acceptors (Lipinski definition) is 3. The van der Waals surface area contributed by atoms with Crippen LogP contribution in [0, 0.1) is 31.1 Å². The van der Waals surface area contributed by atoms with E-state index < -0.39 is 0 Å². The predicted molar refractivity (Wildman–Crippen MR) is 82.7 cm³/mol. The molecule has 1 saturated carbocycles. The van der Waals surface area contributed by atoms with Crippen LogP contribution in [0.2, 0.25) is 0 Å². The molecular formula is C17H25N3. The van der Waals surface area contributed by atoms with Crippen LogP contribution in [0.3, 0.4) is 0 Å². The van der Waals surface area contributed by atoms with E-state index in [1.54, 1.807) is 0 Å². The summed E-state index contributed by atoms with van der Waals surface area (Å²) in [5.74, 6) is 1.68. The van der Waals surface area contributed by atoms with Gasteiger partial charge in [0.1, 0.15) is 11.9 Å². The number of nitrogens with one attached hydrogen (secondary N) is 1. The van der Waals surface area contributed by atoms with Crippen LogP contribution in [0.1, 0.15) is 62.3 Å². The van der Waals surface area contributed by atoms with Crippen molar-refractivity contribution in [2.24, 2.45) is 5.92 Å². The molecule has 0 unspecified atom stereocenters. The second-order valence-corrected chi connectivity index (χ2v) is 6.07. The lowest BCUT2D eigenvalue weighted by atomic mass is 9.83. The van der Waals surface area contributed by atoms with Gasteiger partial charge in [-0.1, -0.05) is 19.8 Å². The van der Waals surface area contributed by atoms with Crippen LogP contribution in [0.15, 0.2) is 6.07 Å². The molecule has 0 spiro atoms. The molecule has 20 heavy (non-hydrogen) atoms. The molecule has 1 aliphatic carbocycles. The molecule has 2 rings (SSSR count). The average Bonchev–Trinajstić information content (AvgIpc) is 2.41. The van der Waals surface area contributed by atoms with Gasteiger partial charge in [-0.25, -0.2) is 4.98 Å². The highest BCUT2D eigenvalue weighted by Gasteiger charge is 2.21. The number of anilines is 1. The van der Waals surface area contributed by atoms with Gasteiger partial charge < -0.3 is 5.32 Å². The first-order chi connectivity index (χ1) is 9.63. The number of nitriles is 1. The van der Waals surface area contributed by atoms with Crippen molar-refractivity contribution >= 4 is 5.82 Å². The molecule has 1 aromatic rings. The second kappa shape index (κ2) is 6.74. The van der Waals surface area contributed by atoms with Crippen molar-refractivity contribution in [2.45, 2.75) is 65.3 Å². The van der Waals surface area contributed by atoms with Crippen LogP contribution < -0.4 is 5.32 Å². The number of hydrogen-bond donors (Lipinski definition) is 1. The summed E-state index contributed by atoms with van der Waals surface area (Å²) >= 11 is 0. The highest BCUT2D eigenvalue weighted by atomic mass is 15.0. The number of aromatic nitrogens is 1. The molecule has 0 radical (unpaired) electrons. The van der Waals surface area contributed by atoms with Gasteiger partial charge in [-0.15, -0.1) is 0 Å². The van der Waals surface area contributed by atoms with Crippen LogP contribution in [0.5, 0.6) is 0 Å². The van der Waals surface area contributed by atoms with Crippen molar-refractivity contribution < 1.29 is 0 Å². The Kier molecular flexibility index (Phi) is 5.00. The lowest BCUT2D eigenvalue weighted by Gasteiger charge is -2.29. The highest BCUT2D eigenvalue weighted by Crippen LogP contribution is 2.30. The Labute approximate surface area is 122 Å². The zero-order chi connectivity index (χ0) is 14.5. The molecule has 0 bridgehead atoms. The van der Waals surface area contributed by atoms with Crippen molar-refractivity contribution in [3.05, 3.63) is 22.9 Å². The summed E-state index contributed by atoms with van der Waals surface area (Å²) in [6, 6.07) is 4.73. The maximum absolute atomic E-state index is 9.30. The normalized spacial score (nSPS) is 22.3. The third-order valence-corrected chi connectivity index (χ3v) is 4.34. The van der Waals surface area contributed by atoms with Crippen molar-refractivity contribution in [3.63, 3.8) is 0 Å². The van der Waals surface area contributed by atoms with Crippen molar-refractivity contribution in [1.29, 1.82) is 5.26 Å². The standard InChI is InChI=1S/C17H25N3/c1-4-5-14-6-8-15(9-7-14)20-17-16(11-18)12(2)10-13(3)19-17/h10,14-15H,4-9H2,1-3H3,(H,19,20). The summed E-state index contributed by atoms with van der Waals surface area (Å²) < 4.78 is 0. The minimum Gasteiger partial charge on any atom is -0.366 e. The second-order valence-electron chi connectivity index (χ2n) is 6.07. The lowest BCUT2D eigenvalue weighted by Crippen LogP contribution is -2.27. The Morgan fingerprint density at radius 2 is 2.00 bits per heavy atom. The fraction of sp³-hybridized carbons (Fsp3) is 0.647. The quantitative estimate of drug-likeness (QED) is 0.886. The monoisotopic (exact) mass is 271 g/mol. The Bertz CT molecular complexity index is 494. The summed E-state index contributed by atoms with van der Waals surface area (Å²) in [5, 5.41) is 12.8. The first-order valence-electron chi connectivity index (χ1n) is 7.79. The molecular weight excluding hydrogens is 246 g/mol. The topological polar surface area (TPSA) is 48.7 Å². The van der Waals surface area contributed by atoms with E-state index in [4.69, 9.17) is 0 Å². The number of nitrogens with zero attached hydrogens (tertiary/aromatic N) is 2. The third-order valence-electron chi connectivity index (χ3n) is 4.34. The van der Waals surface area contributed by atoms with Crippen molar-refractivity contribution in [1.82, 2.24) is 4.98 Å². The zero-order valence-electron chi connectivity index (χ0n) is 12.9. The predicted octanol–water partition coefficient (Wildman–Crippen LogP) is 4.34. The SMILES string of the molecule is CCCC1CCC(Nc2nc(C)cc(C)c2C#N)CC1. The van der Waals surface area contributed by atoms with E-state index in [-0.39, 0.29) is 0 Å². The molecule has 3 heteroatoms. The molecule has 0 aromatic carbocycles. The Hall–Kier alpha value is -1.56. The van der Waals surface area contributed by atoms with Crippen LogP contribution in [0.4, 0.5) is 5.82 Å². The number of pyridine rings is 1. The number of rotatable bonds is 4. The van der Waals surface area contributed by atoms with Crippen molar-refractivity contribution in [2.75, 3.05) is 5.32 Å². The maximum Gasteiger partial charge on any atom is 0.144 e. The molecule has 1 aromatic heterocycles. The van der Waals surface area contributed by atoms with E-state index >= 15 is 0 Å². The summed E-state index contributed by atoms with van der Waals surface area (Å²) in [6.45, 7) is 6.23. The van der Waals surface area contributed by atoms with Crippen LogP contribution in [0.25, 0.3) is 0 Å². The average molecular weight is 271 g/mol. The van der Waals surface area contributed by atoms with E-state index in [0.29, 0.717) is 11.6 Å². The zero-order valence-corrected chi connectivity index (χ0v) is 12.9. The molecule has 3 nitrogen and oxygen atoms in total. The Balaban J connectivity index is 2.03. The molecule has 1 fully saturated rings. The Morgan fingerprint density at radius 3 is 2.60 bits per heavy atom. The van der Waals surface area contributed by atoms with Gasteiger partial charge in [-0.2, -0.15) is 5.26 Å². The van der Waals surface area contributed by atoms with Gasteiger partial charge in [0.05, 0.1) is 5.56 Å². The van der Waals surface area contributed by atoms with Gasteiger partial charge in [0.25, 0.3) is 0 Å². The summed E-state index contributed by atoms with van der Waals surface area (Å²) in [7, 11) is 0. The van der Waals surface area contributed by atoms with Crippen LogP contribution >= 0.6 is 0 Å². The van der Waals surface area contributed by atoms with E-state index in [2.05, 4.69) is 23.3 Å². The van der Waals surface area contributed by atoms with Gasteiger partial charge in [0.2, 0.25) is 0 Å². The highest BCUT2D eigenvalue weighted by molar-refractivity contribution is 5.56. The fourth-order valence-corrected chi connectivity index (χ4v) is 3.28. The van der Waals surface area contributed by atoms with E-state index in [1.165, 1.54) is 38.5 Å². The number of aryl methyl sites for hydroxylation is 2. The Morgan fingerprint density at radius 1 is 1.30 bits per heavy atom. The van der Waals surface area contributed by atoms with Crippen LogP contribution in [-0.2, 0) is 0 Å². The molecule has 0 aliphatic heterocycles. The molecule has 1 heterocycles. The first kappa shape index (κ1) is 14.8. The lowest BCUT2D eigenvalue weighted by molar-refractivity contribution is 0.318. The maximum atomic E-state index is 9.30. The van der Waals surface area contributed by atoms with E-state index in [9.17, 15) is 5.26 Å². The minimum absolute atomic E-state index is 0.476. The van der Waals surface area contributed by atoms with Crippen molar-refractivity contribution in [3.8, 4) is 6.07 Å². The van der Waals surface area contributed by atoms with Gasteiger partial charge in [-0.05, 0) is 57.1 Å². The molecule has 1 N–H and O–H groups in total.